The highest BCUT2D eigenvalue weighted by Crippen LogP contribution is 2.16. The zero-order valence-corrected chi connectivity index (χ0v) is 8.69. The molecule has 2 aromatic rings. The third-order valence-corrected chi connectivity index (χ3v) is 2.32. The van der Waals surface area contributed by atoms with E-state index >= 15 is 0 Å². The molecular formula is C9H8ClN3O2. The van der Waals surface area contributed by atoms with Crippen LogP contribution in [0.5, 0.6) is 0 Å². The molecule has 0 bridgehead atoms. The average Bonchev–Trinajstić information content (AvgIpc) is 2.61. The monoisotopic (exact) mass is 225 g/mol. The minimum atomic E-state index is -1.08. The summed E-state index contributed by atoms with van der Waals surface area (Å²) in [5.74, 6) is -1.08. The van der Waals surface area contributed by atoms with Crippen LogP contribution in [0, 0.1) is 0 Å². The fourth-order valence-corrected chi connectivity index (χ4v) is 1.52. The highest BCUT2D eigenvalue weighted by molar-refractivity contribution is 6.32. The van der Waals surface area contributed by atoms with Crippen LogP contribution in [0.2, 0.25) is 5.15 Å². The van der Waals surface area contributed by atoms with Gasteiger partial charge in [0, 0.05) is 6.07 Å². The Morgan fingerprint density at radius 3 is 3.00 bits per heavy atom. The number of aromatic nitrogens is 3. The molecule has 0 spiro atoms. The van der Waals surface area contributed by atoms with Gasteiger partial charge < -0.3 is 5.11 Å². The molecule has 78 valence electrons. The number of carboxylic acid groups (broad SMARTS) is 1. The Morgan fingerprint density at radius 2 is 2.40 bits per heavy atom. The highest BCUT2D eigenvalue weighted by atomic mass is 35.5. The van der Waals surface area contributed by atoms with Gasteiger partial charge in [0.25, 0.3) is 0 Å². The molecule has 0 aliphatic carbocycles. The first-order chi connectivity index (χ1) is 7.11. The predicted molar refractivity (Wildman–Crippen MR) is 54.3 cm³/mol. The van der Waals surface area contributed by atoms with E-state index in [0.717, 1.165) is 12.1 Å². The van der Waals surface area contributed by atoms with E-state index in [-0.39, 0.29) is 10.8 Å². The summed E-state index contributed by atoms with van der Waals surface area (Å²) in [7, 11) is 0. The fraction of sp³-hybridized carbons (Fsp3) is 0.222. The number of carbonyl (C=O) groups is 1. The van der Waals surface area contributed by atoms with Gasteiger partial charge in [-0.25, -0.2) is 14.3 Å². The summed E-state index contributed by atoms with van der Waals surface area (Å²) in [6, 6.07) is 1.40. The molecule has 0 aliphatic heterocycles. The Kier molecular flexibility index (Phi) is 2.32. The molecule has 0 unspecified atom stereocenters. The first kappa shape index (κ1) is 9.92. The maximum Gasteiger partial charge on any atom is 0.356 e. The number of hydrogen-bond donors (Lipinski definition) is 1. The number of hydrogen-bond acceptors (Lipinski definition) is 3. The van der Waals surface area contributed by atoms with Gasteiger partial charge in [-0.3, -0.25) is 0 Å². The Labute approximate surface area is 90.3 Å². The van der Waals surface area contributed by atoms with Gasteiger partial charge in [0.1, 0.15) is 5.52 Å². The first-order valence-electron chi connectivity index (χ1n) is 4.40. The molecule has 0 saturated heterocycles. The molecule has 2 aromatic heterocycles. The van der Waals surface area contributed by atoms with Gasteiger partial charge in [-0.05, 0) is 6.42 Å². The molecule has 0 atom stereocenters. The summed E-state index contributed by atoms with van der Waals surface area (Å²) in [5.41, 5.74) is 1.24. The van der Waals surface area contributed by atoms with Crippen molar-refractivity contribution in [2.24, 2.45) is 0 Å². The highest BCUT2D eigenvalue weighted by Gasteiger charge is 2.12. The topological polar surface area (TPSA) is 67.5 Å². The molecule has 1 N–H and O–H groups in total. The van der Waals surface area contributed by atoms with Crippen LogP contribution in [-0.4, -0.2) is 25.7 Å². The lowest BCUT2D eigenvalue weighted by atomic mass is 10.3. The third-order valence-electron chi connectivity index (χ3n) is 2.04. The van der Waals surface area contributed by atoms with E-state index in [1.807, 2.05) is 6.92 Å². The van der Waals surface area contributed by atoms with Crippen molar-refractivity contribution in [1.29, 1.82) is 0 Å². The molecule has 0 aliphatic rings. The van der Waals surface area contributed by atoms with E-state index in [0.29, 0.717) is 5.52 Å². The maximum atomic E-state index is 10.7. The molecule has 2 heterocycles. The number of aryl methyl sites for hydroxylation is 1. The van der Waals surface area contributed by atoms with Gasteiger partial charge >= 0.3 is 5.97 Å². The van der Waals surface area contributed by atoms with Crippen LogP contribution >= 0.6 is 11.6 Å². The summed E-state index contributed by atoms with van der Waals surface area (Å²) in [6.45, 7) is 1.94. The van der Waals surface area contributed by atoms with E-state index in [4.69, 9.17) is 16.7 Å². The van der Waals surface area contributed by atoms with Crippen LogP contribution in [0.1, 0.15) is 23.1 Å². The van der Waals surface area contributed by atoms with Crippen molar-refractivity contribution >= 4 is 23.1 Å². The van der Waals surface area contributed by atoms with Crippen molar-refractivity contribution in [2.75, 3.05) is 0 Å². The van der Waals surface area contributed by atoms with Crippen molar-refractivity contribution in [2.45, 2.75) is 13.3 Å². The lowest BCUT2D eigenvalue weighted by Crippen LogP contribution is -1.99. The normalized spacial score (nSPS) is 10.8. The third kappa shape index (κ3) is 1.66. The van der Waals surface area contributed by atoms with E-state index in [1.165, 1.54) is 10.6 Å². The second-order valence-corrected chi connectivity index (χ2v) is 3.40. The number of halogens is 1. The van der Waals surface area contributed by atoms with E-state index in [1.54, 1.807) is 6.20 Å². The smallest absolute Gasteiger partial charge is 0.356 e. The van der Waals surface area contributed by atoms with Gasteiger partial charge in [0.05, 0.1) is 11.9 Å². The molecule has 0 fully saturated rings. The Bertz CT molecular complexity index is 535. The van der Waals surface area contributed by atoms with Gasteiger partial charge in [-0.2, -0.15) is 5.10 Å². The first-order valence-corrected chi connectivity index (χ1v) is 4.77. The average molecular weight is 226 g/mol. The number of nitrogens with zero attached hydrogens (tertiary/aromatic N) is 3. The van der Waals surface area contributed by atoms with Crippen LogP contribution in [0.15, 0.2) is 12.3 Å². The standard InChI is InChI=1S/C9H8ClN3O2/c1-2-5-4-13-7(8(10)11-5)3-6(12-13)9(14)15/h3-4H,2H2,1H3,(H,14,15). The minimum Gasteiger partial charge on any atom is -0.476 e. The van der Waals surface area contributed by atoms with Crippen molar-refractivity contribution in [3.05, 3.63) is 28.8 Å². The van der Waals surface area contributed by atoms with E-state index in [9.17, 15) is 4.79 Å². The Morgan fingerprint density at radius 1 is 1.67 bits per heavy atom. The molecular weight excluding hydrogens is 218 g/mol. The van der Waals surface area contributed by atoms with Crippen LogP contribution in [0.3, 0.4) is 0 Å². The second-order valence-electron chi connectivity index (χ2n) is 3.04. The number of carboxylic acids is 1. The SMILES string of the molecule is CCc1cn2nc(C(=O)O)cc2c(Cl)n1. The lowest BCUT2D eigenvalue weighted by Gasteiger charge is -1.99. The summed E-state index contributed by atoms with van der Waals surface area (Å²) >= 11 is 5.89. The predicted octanol–water partition coefficient (Wildman–Crippen LogP) is 1.64. The van der Waals surface area contributed by atoms with Gasteiger partial charge in [0.15, 0.2) is 10.8 Å². The van der Waals surface area contributed by atoms with Crippen LogP contribution in [0.4, 0.5) is 0 Å². The molecule has 0 radical (unpaired) electrons. The fourth-order valence-electron chi connectivity index (χ4n) is 1.28. The van der Waals surface area contributed by atoms with Crippen LogP contribution < -0.4 is 0 Å². The zero-order valence-electron chi connectivity index (χ0n) is 7.94. The molecule has 0 saturated carbocycles. The van der Waals surface area contributed by atoms with Crippen molar-refractivity contribution in [3.63, 3.8) is 0 Å². The number of fused-ring (bicyclic) bond motifs is 1. The second kappa shape index (κ2) is 3.51. The Balaban J connectivity index is 2.69. The number of aromatic carboxylic acids is 1. The van der Waals surface area contributed by atoms with Gasteiger partial charge in [0.2, 0.25) is 0 Å². The lowest BCUT2D eigenvalue weighted by molar-refractivity contribution is 0.0690. The molecule has 15 heavy (non-hydrogen) atoms. The van der Waals surface area contributed by atoms with Crippen molar-refractivity contribution in [1.82, 2.24) is 14.6 Å². The molecule has 5 nitrogen and oxygen atoms in total. The zero-order chi connectivity index (χ0) is 11.0. The van der Waals surface area contributed by atoms with Crippen molar-refractivity contribution in [3.8, 4) is 0 Å². The summed E-state index contributed by atoms with van der Waals surface area (Å²) in [6.07, 6.45) is 2.39. The summed E-state index contributed by atoms with van der Waals surface area (Å²) in [4.78, 5) is 14.8. The summed E-state index contributed by atoms with van der Waals surface area (Å²) in [5, 5.41) is 12.9. The Hall–Kier alpha value is -1.62. The summed E-state index contributed by atoms with van der Waals surface area (Å²) < 4.78 is 1.44. The molecule has 0 amide bonds. The van der Waals surface area contributed by atoms with E-state index in [2.05, 4.69) is 10.1 Å². The number of rotatable bonds is 2. The molecule has 2 rings (SSSR count). The maximum absolute atomic E-state index is 10.7. The van der Waals surface area contributed by atoms with E-state index < -0.39 is 5.97 Å². The van der Waals surface area contributed by atoms with Crippen LogP contribution in [-0.2, 0) is 6.42 Å². The van der Waals surface area contributed by atoms with Gasteiger partial charge in [-0.15, -0.1) is 0 Å². The quantitative estimate of drug-likeness (QED) is 0.844. The molecule has 0 aromatic carbocycles. The minimum absolute atomic E-state index is 0.0352. The van der Waals surface area contributed by atoms with Crippen molar-refractivity contribution < 1.29 is 9.90 Å². The van der Waals surface area contributed by atoms with Crippen LogP contribution in [0.25, 0.3) is 5.52 Å². The molecule has 6 heteroatoms. The van der Waals surface area contributed by atoms with Gasteiger partial charge in [-0.1, -0.05) is 18.5 Å². The largest absolute Gasteiger partial charge is 0.476 e.